The van der Waals surface area contributed by atoms with Gasteiger partial charge in [0.05, 0.1) is 13.2 Å². The van der Waals surface area contributed by atoms with Crippen molar-refractivity contribution in [2.45, 2.75) is 26.4 Å². The van der Waals surface area contributed by atoms with Crippen LogP contribution in [0.4, 0.5) is 0 Å². The Morgan fingerprint density at radius 1 is 1.73 bits per heavy atom. The second kappa shape index (κ2) is 6.27. The highest BCUT2D eigenvalue weighted by atomic mass is 127. The van der Waals surface area contributed by atoms with Crippen molar-refractivity contribution in [3.8, 4) is 0 Å². The molecule has 1 heterocycles. The van der Waals surface area contributed by atoms with Crippen molar-refractivity contribution in [1.82, 2.24) is 0 Å². The zero-order valence-corrected chi connectivity index (χ0v) is 11.1. The Labute approximate surface area is 104 Å². The highest BCUT2D eigenvalue weighted by Crippen LogP contribution is 2.21. The number of hydrogen-bond donors (Lipinski definition) is 0. The molecule has 0 aromatic heterocycles. The summed E-state index contributed by atoms with van der Waals surface area (Å²) in [6.45, 7) is 4.76. The van der Waals surface area contributed by atoms with Crippen molar-refractivity contribution in [3.63, 3.8) is 0 Å². The fourth-order valence-corrected chi connectivity index (χ4v) is 1.58. The summed E-state index contributed by atoms with van der Waals surface area (Å²) in [7, 11) is 0. The Morgan fingerprint density at radius 3 is 3.07 bits per heavy atom. The number of rotatable bonds is 3. The molecule has 1 saturated heterocycles. The van der Waals surface area contributed by atoms with E-state index in [9.17, 15) is 4.79 Å². The predicted molar refractivity (Wildman–Crippen MR) is 66.9 cm³/mol. The molecule has 1 fully saturated rings. The molecule has 1 aliphatic heterocycles. The van der Waals surface area contributed by atoms with E-state index in [-0.39, 0.29) is 5.97 Å². The van der Waals surface area contributed by atoms with Crippen molar-refractivity contribution in [2.24, 2.45) is 0 Å². The maximum absolute atomic E-state index is 11.4. The van der Waals surface area contributed by atoms with Crippen LogP contribution in [0.2, 0.25) is 0 Å². The van der Waals surface area contributed by atoms with Crippen LogP contribution in [-0.4, -0.2) is 25.3 Å². The third kappa shape index (κ3) is 3.95. The normalized spacial score (nSPS) is 24.6. The molecule has 0 aromatic rings. The van der Waals surface area contributed by atoms with E-state index in [0.29, 0.717) is 19.6 Å². The molecule has 1 aliphatic rings. The van der Waals surface area contributed by atoms with Crippen LogP contribution in [0, 0.1) is 0 Å². The molecule has 0 N–H and O–H groups in total. The van der Waals surface area contributed by atoms with E-state index in [0.717, 1.165) is 5.57 Å². The topological polar surface area (TPSA) is 35.5 Å². The van der Waals surface area contributed by atoms with Gasteiger partial charge in [-0.2, -0.15) is 0 Å². The molecule has 0 saturated carbocycles. The van der Waals surface area contributed by atoms with Gasteiger partial charge in [-0.25, -0.2) is 4.79 Å². The Morgan fingerprint density at radius 2 is 2.47 bits per heavy atom. The molecule has 0 radical (unpaired) electrons. The first-order valence-electron chi connectivity index (χ1n) is 4.92. The molecule has 84 valence electrons. The van der Waals surface area contributed by atoms with Crippen LogP contribution < -0.4 is 0 Å². The zero-order valence-electron chi connectivity index (χ0n) is 8.96. The lowest BCUT2D eigenvalue weighted by molar-refractivity contribution is -0.153. The minimum atomic E-state index is -0.404. The Hall–Kier alpha value is -0.360. The van der Waals surface area contributed by atoms with E-state index >= 15 is 0 Å². The Balaban J connectivity index is 2.52. The van der Waals surface area contributed by atoms with E-state index in [1.165, 1.54) is 5.57 Å². The van der Waals surface area contributed by atoms with Crippen LogP contribution >= 0.6 is 22.6 Å². The average Bonchev–Trinajstić information content (AvgIpc) is 2.66. The van der Waals surface area contributed by atoms with Crippen LogP contribution in [0.15, 0.2) is 21.3 Å². The molecule has 0 aromatic carbocycles. The number of ether oxygens (including phenoxy) is 2. The average molecular weight is 322 g/mol. The van der Waals surface area contributed by atoms with Gasteiger partial charge in [0.1, 0.15) is 0 Å². The third-order valence-corrected chi connectivity index (χ3v) is 3.05. The smallest absolute Gasteiger partial charge is 0.335 e. The van der Waals surface area contributed by atoms with Gasteiger partial charge in [0.15, 0.2) is 6.10 Å². The van der Waals surface area contributed by atoms with Gasteiger partial charge in [-0.1, -0.05) is 28.7 Å². The lowest BCUT2D eigenvalue weighted by Gasteiger charge is -2.06. The molecule has 0 unspecified atom stereocenters. The quantitative estimate of drug-likeness (QED) is 0.592. The first-order chi connectivity index (χ1) is 7.17. The fourth-order valence-electron chi connectivity index (χ4n) is 1.40. The van der Waals surface area contributed by atoms with Gasteiger partial charge in [0, 0.05) is 6.42 Å². The molecule has 1 rings (SSSR count). The summed E-state index contributed by atoms with van der Waals surface area (Å²) in [4.78, 5) is 11.4. The highest BCUT2D eigenvalue weighted by molar-refractivity contribution is 14.1. The number of carbonyl (C=O) groups excluding carboxylic acids is 1. The van der Waals surface area contributed by atoms with Crippen LogP contribution in [0.1, 0.15) is 20.3 Å². The SMILES string of the molecule is CCOC(=O)[C@H]1C/C(=C/C(C)=C\I)CO1. The number of carbonyl (C=O) groups is 1. The molecule has 15 heavy (non-hydrogen) atoms. The second-order valence-electron chi connectivity index (χ2n) is 3.41. The Kier molecular flexibility index (Phi) is 5.31. The second-order valence-corrected chi connectivity index (χ2v) is 4.03. The summed E-state index contributed by atoms with van der Waals surface area (Å²) < 4.78 is 12.3. The lowest BCUT2D eigenvalue weighted by Crippen LogP contribution is -2.21. The van der Waals surface area contributed by atoms with E-state index in [1.807, 2.05) is 11.0 Å². The summed E-state index contributed by atoms with van der Waals surface area (Å²) in [6.07, 6.45) is 2.31. The summed E-state index contributed by atoms with van der Waals surface area (Å²) in [6, 6.07) is 0. The molecule has 0 spiro atoms. The van der Waals surface area contributed by atoms with Crippen LogP contribution in [0.3, 0.4) is 0 Å². The van der Waals surface area contributed by atoms with Crippen molar-refractivity contribution < 1.29 is 14.3 Å². The van der Waals surface area contributed by atoms with Crippen molar-refractivity contribution in [1.29, 1.82) is 0 Å². The van der Waals surface area contributed by atoms with E-state index in [1.54, 1.807) is 6.92 Å². The molecular weight excluding hydrogens is 307 g/mol. The van der Waals surface area contributed by atoms with E-state index in [2.05, 4.69) is 28.7 Å². The minimum Gasteiger partial charge on any atom is -0.464 e. The maximum Gasteiger partial charge on any atom is 0.335 e. The van der Waals surface area contributed by atoms with Crippen molar-refractivity contribution in [3.05, 3.63) is 21.3 Å². The third-order valence-electron chi connectivity index (χ3n) is 2.07. The first kappa shape index (κ1) is 12.7. The monoisotopic (exact) mass is 322 g/mol. The molecule has 3 nitrogen and oxygen atoms in total. The molecule has 1 atom stereocenters. The maximum atomic E-state index is 11.4. The van der Waals surface area contributed by atoms with Crippen LogP contribution in [-0.2, 0) is 14.3 Å². The van der Waals surface area contributed by atoms with Gasteiger partial charge in [-0.05, 0) is 29.1 Å². The number of halogens is 1. The standard InChI is InChI=1S/C11H15IO3/c1-3-14-11(13)10-5-9(7-15-10)4-8(2)6-12/h4,6,10H,3,5,7H2,1-2H3/b8-6-,9-4-/t10-/m1/s1. The Bertz CT molecular complexity index is 294. The summed E-state index contributed by atoms with van der Waals surface area (Å²) in [5, 5.41) is 0. The van der Waals surface area contributed by atoms with Gasteiger partial charge in [-0.3, -0.25) is 0 Å². The summed E-state index contributed by atoms with van der Waals surface area (Å²) in [5.74, 6) is -0.253. The van der Waals surface area contributed by atoms with Gasteiger partial charge in [-0.15, -0.1) is 0 Å². The van der Waals surface area contributed by atoms with E-state index in [4.69, 9.17) is 9.47 Å². The van der Waals surface area contributed by atoms with Crippen molar-refractivity contribution >= 4 is 28.6 Å². The first-order valence-corrected chi connectivity index (χ1v) is 6.16. The predicted octanol–water partition coefficient (Wildman–Crippen LogP) is 2.60. The zero-order chi connectivity index (χ0) is 11.3. The van der Waals surface area contributed by atoms with E-state index < -0.39 is 6.10 Å². The molecule has 0 amide bonds. The molecule has 0 aliphatic carbocycles. The van der Waals surface area contributed by atoms with Crippen molar-refractivity contribution in [2.75, 3.05) is 13.2 Å². The minimum absolute atomic E-state index is 0.253. The van der Waals surface area contributed by atoms with Crippen LogP contribution in [0.25, 0.3) is 0 Å². The van der Waals surface area contributed by atoms with Gasteiger partial charge < -0.3 is 9.47 Å². The number of hydrogen-bond acceptors (Lipinski definition) is 3. The van der Waals surface area contributed by atoms with Gasteiger partial charge >= 0.3 is 5.97 Å². The number of esters is 1. The summed E-state index contributed by atoms with van der Waals surface area (Å²) >= 11 is 2.19. The van der Waals surface area contributed by atoms with Crippen LogP contribution in [0.5, 0.6) is 0 Å². The molecular formula is C11H15IO3. The summed E-state index contributed by atoms with van der Waals surface area (Å²) in [5.41, 5.74) is 2.33. The number of allylic oxidation sites excluding steroid dienone is 2. The largest absolute Gasteiger partial charge is 0.464 e. The fraction of sp³-hybridized carbons (Fsp3) is 0.545. The molecule has 4 heteroatoms. The van der Waals surface area contributed by atoms with Gasteiger partial charge in [0.25, 0.3) is 0 Å². The lowest BCUT2D eigenvalue weighted by atomic mass is 10.1. The highest BCUT2D eigenvalue weighted by Gasteiger charge is 2.27. The van der Waals surface area contributed by atoms with Gasteiger partial charge in [0.2, 0.25) is 0 Å². The molecule has 0 bridgehead atoms.